The summed E-state index contributed by atoms with van der Waals surface area (Å²) in [4.78, 5) is 25.4. The average molecular weight is 425 g/mol. The number of aliphatic carboxylic acids is 1. The molecular weight excluding hydrogens is 404 g/mol. The lowest BCUT2D eigenvalue weighted by Crippen LogP contribution is -2.41. The van der Waals surface area contributed by atoms with Crippen LogP contribution in [0.1, 0.15) is 28.8 Å². The van der Waals surface area contributed by atoms with E-state index in [0.717, 1.165) is 0 Å². The van der Waals surface area contributed by atoms with Gasteiger partial charge in [-0.2, -0.15) is 0 Å². The summed E-state index contributed by atoms with van der Waals surface area (Å²) in [6.07, 6.45) is 0.745. The fraction of sp³-hybridized carbons (Fsp3) is 0.250. The van der Waals surface area contributed by atoms with E-state index < -0.39 is 17.6 Å². The number of likely N-dealkylation sites (tertiary alicyclic amines) is 1. The summed E-state index contributed by atoms with van der Waals surface area (Å²) in [6.45, 7) is 0.891. The molecule has 0 radical (unpaired) electrons. The Hall–Kier alpha value is -3.48. The molecule has 1 aliphatic heterocycles. The first-order chi connectivity index (χ1) is 14.9. The predicted octanol–water partition coefficient (Wildman–Crippen LogP) is 4.43. The molecule has 0 aliphatic carbocycles. The second-order valence-corrected chi connectivity index (χ2v) is 7.65. The van der Waals surface area contributed by atoms with Gasteiger partial charge in [0.05, 0.1) is 6.42 Å². The number of hydrogen-bond donors (Lipinski definition) is 1. The molecule has 0 bridgehead atoms. The Balaban J connectivity index is 1.49. The Morgan fingerprint density at radius 1 is 1.00 bits per heavy atom. The molecule has 0 atom stereocenters. The zero-order valence-corrected chi connectivity index (χ0v) is 16.7. The molecule has 1 amide bonds. The minimum atomic E-state index is -0.961. The van der Waals surface area contributed by atoms with Crippen LogP contribution < -0.4 is 4.74 Å². The van der Waals surface area contributed by atoms with Crippen LogP contribution in [0.15, 0.2) is 54.6 Å². The van der Waals surface area contributed by atoms with Gasteiger partial charge in [0.15, 0.2) is 0 Å². The number of carboxylic acids is 1. The first-order valence-corrected chi connectivity index (χ1v) is 10.0. The van der Waals surface area contributed by atoms with E-state index in [4.69, 9.17) is 9.84 Å². The first-order valence-electron chi connectivity index (χ1n) is 10.0. The third kappa shape index (κ3) is 4.82. The minimum absolute atomic E-state index is 0.162. The third-order valence-corrected chi connectivity index (χ3v) is 5.39. The molecule has 1 heterocycles. The number of halogens is 2. The molecule has 1 N–H and O–H groups in total. The van der Waals surface area contributed by atoms with Crippen LogP contribution in [0.2, 0.25) is 0 Å². The molecule has 4 rings (SSSR count). The predicted molar refractivity (Wildman–Crippen MR) is 111 cm³/mol. The molecule has 31 heavy (non-hydrogen) atoms. The number of piperidine rings is 1. The van der Waals surface area contributed by atoms with Gasteiger partial charge in [0.1, 0.15) is 23.5 Å². The molecule has 0 unspecified atom stereocenters. The highest BCUT2D eigenvalue weighted by molar-refractivity contribution is 5.94. The number of fused-ring (bicyclic) bond motifs is 1. The van der Waals surface area contributed by atoms with Crippen LogP contribution in [0.25, 0.3) is 10.8 Å². The lowest BCUT2D eigenvalue weighted by molar-refractivity contribution is -0.136. The number of amides is 1. The Kier molecular flexibility index (Phi) is 5.84. The van der Waals surface area contributed by atoms with Crippen LogP contribution in [0.4, 0.5) is 8.78 Å². The maximum absolute atomic E-state index is 13.8. The van der Waals surface area contributed by atoms with Crippen LogP contribution in [-0.4, -0.2) is 41.1 Å². The van der Waals surface area contributed by atoms with Gasteiger partial charge < -0.3 is 14.7 Å². The van der Waals surface area contributed by atoms with Crippen molar-refractivity contribution >= 4 is 22.6 Å². The van der Waals surface area contributed by atoms with Gasteiger partial charge in [-0.1, -0.05) is 18.2 Å². The molecule has 0 saturated carbocycles. The standard InChI is InChI=1S/C24H21F2NO4/c25-18-3-1-2-17(13-18)24(30)27-8-6-20(7-9-27)31-22-11-15(12-23(28)29)10-16-4-5-19(26)14-21(16)22/h1-5,10-11,13-14,20H,6-9,12H2,(H,28,29). The fourth-order valence-corrected chi connectivity index (χ4v) is 3.89. The third-order valence-electron chi connectivity index (χ3n) is 5.39. The summed E-state index contributed by atoms with van der Waals surface area (Å²) >= 11 is 0. The second kappa shape index (κ2) is 8.71. The van der Waals surface area contributed by atoms with Crippen LogP contribution in [0, 0.1) is 11.6 Å². The van der Waals surface area contributed by atoms with Crippen molar-refractivity contribution in [2.24, 2.45) is 0 Å². The molecule has 160 valence electrons. The summed E-state index contributed by atoms with van der Waals surface area (Å²) in [5.74, 6) is -1.61. The van der Waals surface area contributed by atoms with E-state index in [2.05, 4.69) is 0 Å². The van der Waals surface area contributed by atoms with Gasteiger partial charge in [-0.05, 0) is 47.3 Å². The number of ether oxygens (including phenoxy) is 1. The fourth-order valence-electron chi connectivity index (χ4n) is 3.89. The van der Waals surface area contributed by atoms with Gasteiger partial charge in [-0.25, -0.2) is 8.78 Å². The lowest BCUT2D eigenvalue weighted by Gasteiger charge is -2.32. The molecule has 1 fully saturated rings. The van der Waals surface area contributed by atoms with Gasteiger partial charge >= 0.3 is 5.97 Å². The normalized spacial score (nSPS) is 14.6. The summed E-state index contributed by atoms with van der Waals surface area (Å²) < 4.78 is 33.4. The molecule has 5 nitrogen and oxygen atoms in total. The first kappa shape index (κ1) is 20.8. The van der Waals surface area contributed by atoms with Gasteiger partial charge in [0.25, 0.3) is 5.91 Å². The highest BCUT2D eigenvalue weighted by Gasteiger charge is 2.25. The Labute approximate surface area is 177 Å². The SMILES string of the molecule is O=C(O)Cc1cc(OC2CCN(C(=O)c3cccc(F)c3)CC2)c2cc(F)ccc2c1. The quantitative estimate of drug-likeness (QED) is 0.657. The van der Waals surface area contributed by atoms with E-state index in [0.29, 0.717) is 53.6 Å². The van der Waals surface area contributed by atoms with Crippen molar-refractivity contribution < 1.29 is 28.2 Å². The highest BCUT2D eigenvalue weighted by Crippen LogP contribution is 2.31. The molecule has 7 heteroatoms. The molecular formula is C24H21F2NO4. The smallest absolute Gasteiger partial charge is 0.307 e. The molecule has 3 aromatic carbocycles. The number of hydrogen-bond acceptors (Lipinski definition) is 3. The largest absolute Gasteiger partial charge is 0.490 e. The second-order valence-electron chi connectivity index (χ2n) is 7.65. The minimum Gasteiger partial charge on any atom is -0.490 e. The number of rotatable bonds is 5. The molecule has 1 saturated heterocycles. The summed E-state index contributed by atoms with van der Waals surface area (Å²) in [5, 5.41) is 10.4. The van der Waals surface area contributed by atoms with Gasteiger partial charge in [-0.15, -0.1) is 0 Å². The van der Waals surface area contributed by atoms with E-state index >= 15 is 0 Å². The van der Waals surface area contributed by atoms with Crippen molar-refractivity contribution in [3.05, 3.63) is 77.4 Å². The average Bonchev–Trinajstić information content (AvgIpc) is 2.74. The zero-order valence-electron chi connectivity index (χ0n) is 16.7. The highest BCUT2D eigenvalue weighted by atomic mass is 19.1. The number of carbonyl (C=O) groups is 2. The maximum Gasteiger partial charge on any atom is 0.307 e. The maximum atomic E-state index is 13.8. The van der Waals surface area contributed by atoms with Crippen molar-refractivity contribution in [3.63, 3.8) is 0 Å². The van der Waals surface area contributed by atoms with Crippen LogP contribution in [-0.2, 0) is 11.2 Å². The van der Waals surface area contributed by atoms with Crippen molar-refractivity contribution in [2.45, 2.75) is 25.4 Å². The topological polar surface area (TPSA) is 66.8 Å². The molecule has 3 aromatic rings. The monoisotopic (exact) mass is 425 g/mol. The summed E-state index contributed by atoms with van der Waals surface area (Å²) in [6, 6.07) is 13.3. The number of carbonyl (C=O) groups excluding carboxylic acids is 1. The Morgan fingerprint density at radius 3 is 2.45 bits per heavy atom. The van der Waals surface area contributed by atoms with Crippen molar-refractivity contribution in [2.75, 3.05) is 13.1 Å². The summed E-state index contributed by atoms with van der Waals surface area (Å²) in [7, 11) is 0. The Bertz CT molecular complexity index is 1140. The molecule has 0 spiro atoms. The summed E-state index contributed by atoms with van der Waals surface area (Å²) in [5.41, 5.74) is 0.877. The van der Waals surface area contributed by atoms with Crippen LogP contribution >= 0.6 is 0 Å². The van der Waals surface area contributed by atoms with Crippen LogP contribution in [0.3, 0.4) is 0 Å². The van der Waals surface area contributed by atoms with E-state index in [1.165, 1.54) is 30.3 Å². The van der Waals surface area contributed by atoms with Crippen molar-refractivity contribution in [1.82, 2.24) is 4.90 Å². The Morgan fingerprint density at radius 2 is 1.74 bits per heavy atom. The van der Waals surface area contributed by atoms with E-state index in [-0.39, 0.29) is 18.4 Å². The van der Waals surface area contributed by atoms with E-state index in [9.17, 15) is 18.4 Å². The van der Waals surface area contributed by atoms with Crippen molar-refractivity contribution in [3.8, 4) is 5.75 Å². The molecule has 1 aliphatic rings. The van der Waals surface area contributed by atoms with Gasteiger partial charge in [-0.3, -0.25) is 9.59 Å². The number of benzene rings is 3. The molecule has 0 aromatic heterocycles. The number of carboxylic acid groups (broad SMARTS) is 1. The lowest BCUT2D eigenvalue weighted by atomic mass is 10.0. The van der Waals surface area contributed by atoms with E-state index in [1.54, 1.807) is 29.2 Å². The van der Waals surface area contributed by atoms with Gasteiger partial charge in [0, 0.05) is 36.9 Å². The van der Waals surface area contributed by atoms with Crippen molar-refractivity contribution in [1.29, 1.82) is 0 Å². The number of nitrogens with zero attached hydrogens (tertiary/aromatic N) is 1. The van der Waals surface area contributed by atoms with E-state index in [1.807, 2.05) is 0 Å². The van der Waals surface area contributed by atoms with Crippen LogP contribution in [0.5, 0.6) is 5.75 Å². The zero-order chi connectivity index (χ0) is 22.0. The van der Waals surface area contributed by atoms with Gasteiger partial charge in [0.2, 0.25) is 0 Å².